The zero-order chi connectivity index (χ0) is 14.8. The first-order valence-electron chi connectivity index (χ1n) is 8.07. The summed E-state index contributed by atoms with van der Waals surface area (Å²) in [5, 5.41) is 10.7. The van der Waals surface area contributed by atoms with Gasteiger partial charge in [0.25, 0.3) is 0 Å². The number of hydrogen-bond donors (Lipinski definition) is 2. The fourth-order valence-corrected chi connectivity index (χ4v) is 3.83. The van der Waals surface area contributed by atoms with Gasteiger partial charge < -0.3 is 15.0 Å². The number of H-pyrrole nitrogens is 1. The van der Waals surface area contributed by atoms with Crippen molar-refractivity contribution in [2.75, 3.05) is 20.7 Å². The standard InChI is InChI=1S/C18H26N2O/c1-20(2)14-9-7-13(8-10-14)18-16(11-12-21)15-5-3-4-6-17(15)19-18/h3-6,13-14,19,21H,7-12H2,1-2H3. The van der Waals surface area contributed by atoms with E-state index < -0.39 is 0 Å². The normalized spacial score (nSPS) is 23.0. The van der Waals surface area contributed by atoms with Crippen LogP contribution in [0.5, 0.6) is 0 Å². The summed E-state index contributed by atoms with van der Waals surface area (Å²) in [4.78, 5) is 6.00. The highest BCUT2D eigenvalue weighted by Gasteiger charge is 2.26. The third kappa shape index (κ3) is 2.85. The number of fused-ring (bicyclic) bond motifs is 1. The number of aromatic nitrogens is 1. The fourth-order valence-electron chi connectivity index (χ4n) is 3.83. The van der Waals surface area contributed by atoms with Crippen LogP contribution in [0.4, 0.5) is 0 Å². The predicted octanol–water partition coefficient (Wildman–Crippen LogP) is 3.29. The lowest BCUT2D eigenvalue weighted by atomic mass is 9.82. The molecule has 0 saturated heterocycles. The van der Waals surface area contributed by atoms with Gasteiger partial charge in [0.05, 0.1) is 0 Å². The van der Waals surface area contributed by atoms with Gasteiger partial charge in [-0.05, 0) is 63.7 Å². The molecular weight excluding hydrogens is 260 g/mol. The Hall–Kier alpha value is -1.32. The van der Waals surface area contributed by atoms with Crippen LogP contribution in [0.25, 0.3) is 10.9 Å². The summed E-state index contributed by atoms with van der Waals surface area (Å²) in [6.07, 6.45) is 5.78. The van der Waals surface area contributed by atoms with Gasteiger partial charge >= 0.3 is 0 Å². The molecule has 21 heavy (non-hydrogen) atoms. The molecule has 1 heterocycles. The molecule has 0 spiro atoms. The third-order valence-electron chi connectivity index (χ3n) is 5.04. The van der Waals surface area contributed by atoms with E-state index in [1.165, 1.54) is 47.8 Å². The van der Waals surface area contributed by atoms with Crippen LogP contribution >= 0.6 is 0 Å². The Kier molecular flexibility index (Phi) is 4.32. The smallest absolute Gasteiger partial charge is 0.0472 e. The summed E-state index contributed by atoms with van der Waals surface area (Å²) < 4.78 is 0. The molecule has 114 valence electrons. The Morgan fingerprint density at radius 3 is 2.52 bits per heavy atom. The summed E-state index contributed by atoms with van der Waals surface area (Å²) in [5.74, 6) is 0.621. The van der Waals surface area contributed by atoms with Crippen LogP contribution in [0, 0.1) is 0 Å². The van der Waals surface area contributed by atoms with Gasteiger partial charge in [-0.15, -0.1) is 0 Å². The molecule has 2 N–H and O–H groups in total. The third-order valence-corrected chi connectivity index (χ3v) is 5.04. The highest BCUT2D eigenvalue weighted by atomic mass is 16.2. The van der Waals surface area contributed by atoms with E-state index in [1.54, 1.807) is 0 Å². The van der Waals surface area contributed by atoms with Crippen LogP contribution < -0.4 is 0 Å². The molecule has 3 nitrogen and oxygen atoms in total. The van der Waals surface area contributed by atoms with Crippen LogP contribution in [0.1, 0.15) is 42.9 Å². The van der Waals surface area contributed by atoms with Crippen LogP contribution in [-0.2, 0) is 6.42 Å². The van der Waals surface area contributed by atoms with Crippen molar-refractivity contribution < 1.29 is 5.11 Å². The molecule has 1 aliphatic rings. The van der Waals surface area contributed by atoms with Crippen molar-refractivity contribution in [2.24, 2.45) is 0 Å². The predicted molar refractivity (Wildman–Crippen MR) is 87.8 cm³/mol. The molecular formula is C18H26N2O. The van der Waals surface area contributed by atoms with Gasteiger partial charge in [0.15, 0.2) is 0 Å². The van der Waals surface area contributed by atoms with Crippen molar-refractivity contribution in [1.29, 1.82) is 0 Å². The summed E-state index contributed by atoms with van der Waals surface area (Å²) >= 11 is 0. The average molecular weight is 286 g/mol. The van der Waals surface area contributed by atoms with Gasteiger partial charge in [0.2, 0.25) is 0 Å². The Bertz CT molecular complexity index is 594. The number of benzene rings is 1. The fraction of sp³-hybridized carbons (Fsp3) is 0.556. The lowest BCUT2D eigenvalue weighted by Crippen LogP contribution is -2.31. The highest BCUT2D eigenvalue weighted by Crippen LogP contribution is 2.37. The SMILES string of the molecule is CN(C)C1CCC(c2[nH]c3ccccc3c2CCO)CC1. The topological polar surface area (TPSA) is 39.3 Å². The number of rotatable bonds is 4. The van der Waals surface area contributed by atoms with E-state index in [2.05, 4.69) is 48.2 Å². The molecule has 1 aromatic heterocycles. The summed E-state index contributed by atoms with van der Waals surface area (Å²) in [6, 6.07) is 9.21. The van der Waals surface area contributed by atoms with Crippen LogP contribution in [-0.4, -0.2) is 41.7 Å². The quantitative estimate of drug-likeness (QED) is 0.905. The number of nitrogens with zero attached hydrogens (tertiary/aromatic N) is 1. The second-order valence-electron chi connectivity index (χ2n) is 6.51. The highest BCUT2D eigenvalue weighted by molar-refractivity contribution is 5.84. The average Bonchev–Trinajstić information content (AvgIpc) is 2.87. The van der Waals surface area contributed by atoms with Crippen molar-refractivity contribution >= 4 is 10.9 Å². The molecule has 3 heteroatoms. The maximum absolute atomic E-state index is 9.41. The maximum atomic E-state index is 9.41. The van der Waals surface area contributed by atoms with Crippen molar-refractivity contribution in [3.05, 3.63) is 35.5 Å². The zero-order valence-electron chi connectivity index (χ0n) is 13.1. The van der Waals surface area contributed by atoms with E-state index in [-0.39, 0.29) is 6.61 Å². The number of aromatic amines is 1. The molecule has 1 aromatic carbocycles. The first-order valence-corrected chi connectivity index (χ1v) is 8.07. The zero-order valence-corrected chi connectivity index (χ0v) is 13.1. The van der Waals surface area contributed by atoms with Crippen LogP contribution in [0.3, 0.4) is 0 Å². The lowest BCUT2D eigenvalue weighted by molar-refractivity contribution is 0.215. The molecule has 0 radical (unpaired) electrons. The molecule has 0 unspecified atom stereocenters. The maximum Gasteiger partial charge on any atom is 0.0472 e. The molecule has 1 saturated carbocycles. The molecule has 0 amide bonds. The number of aliphatic hydroxyl groups excluding tert-OH is 1. The second kappa shape index (κ2) is 6.20. The van der Waals surface area contributed by atoms with E-state index >= 15 is 0 Å². The van der Waals surface area contributed by atoms with E-state index in [0.29, 0.717) is 5.92 Å². The van der Waals surface area contributed by atoms with Gasteiger partial charge in [-0.2, -0.15) is 0 Å². The molecule has 2 aromatic rings. The Balaban J connectivity index is 1.88. The van der Waals surface area contributed by atoms with Gasteiger partial charge in [-0.25, -0.2) is 0 Å². The van der Waals surface area contributed by atoms with E-state index in [0.717, 1.165) is 12.5 Å². The Morgan fingerprint density at radius 2 is 1.86 bits per heavy atom. The van der Waals surface area contributed by atoms with Gasteiger partial charge in [-0.3, -0.25) is 0 Å². The molecule has 0 aliphatic heterocycles. The van der Waals surface area contributed by atoms with Crippen molar-refractivity contribution in [3.63, 3.8) is 0 Å². The van der Waals surface area contributed by atoms with Gasteiger partial charge in [-0.1, -0.05) is 18.2 Å². The van der Waals surface area contributed by atoms with Gasteiger partial charge in [0, 0.05) is 29.2 Å². The van der Waals surface area contributed by atoms with Crippen molar-refractivity contribution in [2.45, 2.75) is 44.1 Å². The Morgan fingerprint density at radius 1 is 1.14 bits per heavy atom. The largest absolute Gasteiger partial charge is 0.396 e. The first-order chi connectivity index (χ1) is 10.2. The number of para-hydroxylation sites is 1. The van der Waals surface area contributed by atoms with E-state index in [1.807, 2.05) is 0 Å². The van der Waals surface area contributed by atoms with Gasteiger partial charge in [0.1, 0.15) is 0 Å². The minimum Gasteiger partial charge on any atom is -0.396 e. The monoisotopic (exact) mass is 286 g/mol. The lowest BCUT2D eigenvalue weighted by Gasteiger charge is -2.32. The van der Waals surface area contributed by atoms with Crippen LogP contribution in [0.15, 0.2) is 24.3 Å². The van der Waals surface area contributed by atoms with Crippen molar-refractivity contribution in [1.82, 2.24) is 9.88 Å². The molecule has 0 atom stereocenters. The number of nitrogens with one attached hydrogen (secondary N) is 1. The van der Waals surface area contributed by atoms with E-state index in [4.69, 9.17) is 0 Å². The number of hydrogen-bond acceptors (Lipinski definition) is 2. The minimum atomic E-state index is 0.224. The summed E-state index contributed by atoms with van der Waals surface area (Å²) in [7, 11) is 4.37. The van der Waals surface area contributed by atoms with Crippen LogP contribution in [0.2, 0.25) is 0 Å². The number of aliphatic hydroxyl groups is 1. The second-order valence-corrected chi connectivity index (χ2v) is 6.51. The molecule has 1 fully saturated rings. The Labute approximate surface area is 127 Å². The summed E-state index contributed by atoms with van der Waals surface area (Å²) in [6.45, 7) is 0.224. The van der Waals surface area contributed by atoms with E-state index in [9.17, 15) is 5.11 Å². The molecule has 0 bridgehead atoms. The molecule has 3 rings (SSSR count). The van der Waals surface area contributed by atoms with Crippen molar-refractivity contribution in [3.8, 4) is 0 Å². The molecule has 1 aliphatic carbocycles. The minimum absolute atomic E-state index is 0.224. The first kappa shape index (κ1) is 14.6. The summed E-state index contributed by atoms with van der Waals surface area (Å²) in [5.41, 5.74) is 3.93.